The molecule has 0 aliphatic carbocycles. The van der Waals surface area contributed by atoms with E-state index in [-0.39, 0.29) is 18.5 Å². The largest absolute Gasteiger partial charge is 0.497 e. The number of anilines is 1. The lowest BCUT2D eigenvalue weighted by atomic mass is 10.1. The van der Waals surface area contributed by atoms with E-state index in [9.17, 15) is 9.59 Å². The molecule has 8 nitrogen and oxygen atoms in total. The fraction of sp³-hybridized carbons (Fsp3) is 0.364. The predicted molar refractivity (Wildman–Crippen MR) is 114 cm³/mol. The molecule has 8 heteroatoms. The van der Waals surface area contributed by atoms with Gasteiger partial charge in [-0.15, -0.1) is 0 Å². The number of methoxy groups -OCH3 is 3. The van der Waals surface area contributed by atoms with E-state index >= 15 is 0 Å². The molecule has 0 unspecified atom stereocenters. The fourth-order valence-electron chi connectivity index (χ4n) is 3.36. The molecular weight excluding hydrogens is 386 g/mol. The number of nitrogens with zero attached hydrogens (tertiary/aromatic N) is 2. The molecule has 0 radical (unpaired) electrons. The van der Waals surface area contributed by atoms with Crippen molar-refractivity contribution in [3.8, 4) is 17.2 Å². The van der Waals surface area contributed by atoms with Gasteiger partial charge in [0.05, 0.1) is 27.0 Å². The van der Waals surface area contributed by atoms with E-state index in [1.165, 1.54) is 4.90 Å². The van der Waals surface area contributed by atoms with Gasteiger partial charge >= 0.3 is 6.03 Å². The van der Waals surface area contributed by atoms with E-state index < -0.39 is 0 Å². The van der Waals surface area contributed by atoms with Crippen molar-refractivity contribution in [2.75, 3.05) is 52.4 Å². The maximum absolute atomic E-state index is 12.8. The maximum atomic E-state index is 12.8. The first-order chi connectivity index (χ1) is 14.5. The van der Waals surface area contributed by atoms with Crippen LogP contribution in [0.2, 0.25) is 0 Å². The quantitative estimate of drug-likeness (QED) is 0.682. The van der Waals surface area contributed by atoms with Gasteiger partial charge in [0.2, 0.25) is 5.91 Å². The number of carbonyl (C=O) groups is 2. The molecule has 1 N–H and O–H groups in total. The van der Waals surface area contributed by atoms with Crippen molar-refractivity contribution in [3.63, 3.8) is 0 Å². The lowest BCUT2D eigenvalue weighted by Crippen LogP contribution is -2.40. The van der Waals surface area contributed by atoms with Crippen molar-refractivity contribution in [1.29, 1.82) is 0 Å². The zero-order valence-electron chi connectivity index (χ0n) is 17.5. The van der Waals surface area contributed by atoms with Gasteiger partial charge in [0.1, 0.15) is 23.8 Å². The molecule has 160 valence electrons. The summed E-state index contributed by atoms with van der Waals surface area (Å²) >= 11 is 0. The molecule has 1 heterocycles. The molecule has 30 heavy (non-hydrogen) atoms. The Balaban J connectivity index is 1.54. The molecule has 3 rings (SSSR count). The molecule has 0 saturated carbocycles. The first-order valence-corrected chi connectivity index (χ1v) is 9.73. The lowest BCUT2D eigenvalue weighted by Gasteiger charge is -2.21. The summed E-state index contributed by atoms with van der Waals surface area (Å²) in [5.41, 5.74) is 1.70. The van der Waals surface area contributed by atoms with Crippen LogP contribution in [0.4, 0.5) is 10.5 Å². The van der Waals surface area contributed by atoms with Gasteiger partial charge in [-0.05, 0) is 36.2 Å². The molecule has 0 bridgehead atoms. The third kappa shape index (κ3) is 4.94. The SMILES string of the molecule is COc1cccc(CCNC(=O)CN2CCN(c3cc(OC)ccc3OC)C2=O)c1. The zero-order chi connectivity index (χ0) is 21.5. The average Bonchev–Trinajstić information content (AvgIpc) is 3.13. The third-order valence-corrected chi connectivity index (χ3v) is 4.98. The van der Waals surface area contributed by atoms with Crippen LogP contribution < -0.4 is 24.4 Å². The summed E-state index contributed by atoms with van der Waals surface area (Å²) in [5, 5.41) is 2.87. The summed E-state index contributed by atoms with van der Waals surface area (Å²) in [6.07, 6.45) is 0.685. The Morgan fingerprint density at radius 1 is 1.00 bits per heavy atom. The van der Waals surface area contributed by atoms with Crippen molar-refractivity contribution < 1.29 is 23.8 Å². The molecule has 3 amide bonds. The third-order valence-electron chi connectivity index (χ3n) is 4.98. The van der Waals surface area contributed by atoms with Crippen LogP contribution in [0, 0.1) is 0 Å². The number of urea groups is 1. The average molecular weight is 413 g/mol. The van der Waals surface area contributed by atoms with Gasteiger partial charge < -0.3 is 24.4 Å². The van der Waals surface area contributed by atoms with Gasteiger partial charge in [0.15, 0.2) is 0 Å². The molecule has 1 saturated heterocycles. The van der Waals surface area contributed by atoms with Gasteiger partial charge in [0, 0.05) is 25.7 Å². The van der Waals surface area contributed by atoms with Crippen LogP contribution in [0.15, 0.2) is 42.5 Å². The minimum Gasteiger partial charge on any atom is -0.497 e. The van der Waals surface area contributed by atoms with Crippen molar-refractivity contribution in [2.45, 2.75) is 6.42 Å². The van der Waals surface area contributed by atoms with Crippen molar-refractivity contribution in [3.05, 3.63) is 48.0 Å². The van der Waals surface area contributed by atoms with E-state index in [1.807, 2.05) is 24.3 Å². The van der Waals surface area contributed by atoms with Crippen molar-refractivity contribution >= 4 is 17.6 Å². The number of hydrogen-bond donors (Lipinski definition) is 1. The minimum atomic E-state index is -0.232. The van der Waals surface area contributed by atoms with Crippen LogP contribution in [0.3, 0.4) is 0 Å². The smallest absolute Gasteiger partial charge is 0.325 e. The fourth-order valence-corrected chi connectivity index (χ4v) is 3.36. The highest BCUT2D eigenvalue weighted by atomic mass is 16.5. The van der Waals surface area contributed by atoms with E-state index in [0.29, 0.717) is 43.2 Å². The first kappa shape index (κ1) is 21.3. The molecule has 1 aliphatic rings. The van der Waals surface area contributed by atoms with Crippen LogP contribution in [0.1, 0.15) is 5.56 Å². The highest BCUT2D eigenvalue weighted by Crippen LogP contribution is 2.34. The van der Waals surface area contributed by atoms with Gasteiger partial charge in [-0.2, -0.15) is 0 Å². The molecule has 0 atom stereocenters. The molecule has 0 spiro atoms. The number of hydrogen-bond acceptors (Lipinski definition) is 5. The molecule has 2 aromatic carbocycles. The van der Waals surface area contributed by atoms with Crippen LogP contribution in [-0.2, 0) is 11.2 Å². The van der Waals surface area contributed by atoms with Gasteiger partial charge in [-0.1, -0.05) is 12.1 Å². The second kappa shape index (κ2) is 9.87. The number of nitrogens with one attached hydrogen (secondary N) is 1. The normalized spacial score (nSPS) is 13.4. The Labute approximate surface area is 176 Å². The van der Waals surface area contributed by atoms with Crippen LogP contribution in [0.25, 0.3) is 0 Å². The monoisotopic (exact) mass is 413 g/mol. The van der Waals surface area contributed by atoms with E-state index in [4.69, 9.17) is 14.2 Å². The zero-order valence-corrected chi connectivity index (χ0v) is 17.5. The van der Waals surface area contributed by atoms with Gasteiger partial charge in [-0.3, -0.25) is 9.69 Å². The highest BCUT2D eigenvalue weighted by Gasteiger charge is 2.32. The molecule has 1 fully saturated rings. The van der Waals surface area contributed by atoms with Crippen LogP contribution in [0.5, 0.6) is 17.2 Å². The van der Waals surface area contributed by atoms with E-state index in [0.717, 1.165) is 11.3 Å². The number of rotatable bonds is 9. The highest BCUT2D eigenvalue weighted by molar-refractivity contribution is 5.97. The second-order valence-electron chi connectivity index (χ2n) is 6.85. The minimum absolute atomic E-state index is 0.0136. The standard InChI is InChI=1S/C22H27N3O5/c1-28-17-6-4-5-16(13-17)9-10-23-21(26)15-24-11-12-25(22(24)27)19-14-18(29-2)7-8-20(19)30-3/h4-8,13-14H,9-12,15H2,1-3H3,(H,23,26). The topological polar surface area (TPSA) is 80.3 Å². The second-order valence-corrected chi connectivity index (χ2v) is 6.85. The Hall–Kier alpha value is -3.42. The maximum Gasteiger partial charge on any atom is 0.325 e. The summed E-state index contributed by atoms with van der Waals surface area (Å²) in [6.45, 7) is 1.43. The number of ether oxygens (including phenoxy) is 3. The van der Waals surface area contributed by atoms with Crippen LogP contribution in [-0.4, -0.2) is 64.3 Å². The molecule has 0 aromatic heterocycles. The molecule has 1 aliphatic heterocycles. The van der Waals surface area contributed by atoms with Gasteiger partial charge in [-0.25, -0.2) is 4.79 Å². The van der Waals surface area contributed by atoms with Crippen molar-refractivity contribution in [2.24, 2.45) is 0 Å². The summed E-state index contributed by atoms with van der Waals surface area (Å²) in [7, 11) is 4.75. The Bertz CT molecular complexity index is 902. The Morgan fingerprint density at radius 3 is 2.50 bits per heavy atom. The molecule has 2 aromatic rings. The van der Waals surface area contributed by atoms with Gasteiger partial charge in [0.25, 0.3) is 0 Å². The summed E-state index contributed by atoms with van der Waals surface area (Å²) < 4.78 is 15.8. The first-order valence-electron chi connectivity index (χ1n) is 9.73. The van der Waals surface area contributed by atoms with Crippen LogP contribution >= 0.6 is 0 Å². The lowest BCUT2D eigenvalue weighted by molar-refractivity contribution is -0.121. The number of benzene rings is 2. The summed E-state index contributed by atoms with van der Waals surface area (Å²) in [4.78, 5) is 28.3. The summed E-state index contributed by atoms with van der Waals surface area (Å²) in [5.74, 6) is 1.81. The number of carbonyl (C=O) groups excluding carboxylic acids is 2. The molecular formula is C22H27N3O5. The van der Waals surface area contributed by atoms with E-state index in [1.54, 1.807) is 44.4 Å². The Kier molecular flexibility index (Phi) is 7.00. The predicted octanol–water partition coefficient (Wildman–Crippen LogP) is 2.31. The van der Waals surface area contributed by atoms with Crippen molar-refractivity contribution in [1.82, 2.24) is 10.2 Å². The summed E-state index contributed by atoms with van der Waals surface area (Å²) in [6, 6.07) is 12.8. The number of amides is 3. The van der Waals surface area contributed by atoms with E-state index in [2.05, 4.69) is 5.32 Å². The Morgan fingerprint density at radius 2 is 1.77 bits per heavy atom.